The van der Waals surface area contributed by atoms with Gasteiger partial charge in [-0.1, -0.05) is 59.6 Å². The van der Waals surface area contributed by atoms with Crippen LogP contribution in [0.1, 0.15) is 21.3 Å². The first-order chi connectivity index (χ1) is 12.4. The lowest BCUT2D eigenvalue weighted by Gasteiger charge is -2.21. The highest BCUT2D eigenvalue weighted by Crippen LogP contribution is 2.38. The molecule has 0 spiro atoms. The van der Waals surface area contributed by atoms with Crippen LogP contribution in [0.15, 0.2) is 48.5 Å². The topological polar surface area (TPSA) is 46.6 Å². The zero-order valence-corrected chi connectivity index (χ0v) is 16.4. The molecule has 1 atom stereocenters. The number of rotatable bonds is 4. The van der Waals surface area contributed by atoms with Crippen molar-refractivity contribution in [3.8, 4) is 0 Å². The molecule has 3 rings (SSSR count). The lowest BCUT2D eigenvalue weighted by Crippen LogP contribution is -2.31. The molecule has 0 saturated heterocycles. The molecule has 1 heterocycles. The number of carbonyl (C=O) groups is 2. The van der Waals surface area contributed by atoms with Crippen LogP contribution >= 0.6 is 34.5 Å². The van der Waals surface area contributed by atoms with Gasteiger partial charge >= 0.3 is 5.97 Å². The molecule has 0 radical (unpaired) electrons. The highest BCUT2D eigenvalue weighted by molar-refractivity contribution is 7.21. The van der Waals surface area contributed by atoms with Gasteiger partial charge < -0.3 is 9.64 Å². The maximum Gasteiger partial charge on any atom is 0.351 e. The number of fused-ring (bicyclic) bond motifs is 1. The van der Waals surface area contributed by atoms with Gasteiger partial charge in [-0.15, -0.1) is 11.3 Å². The minimum absolute atomic E-state index is 0.247. The number of esters is 1. The van der Waals surface area contributed by atoms with Gasteiger partial charge in [0.1, 0.15) is 4.88 Å². The summed E-state index contributed by atoms with van der Waals surface area (Å²) in [4.78, 5) is 26.9. The first kappa shape index (κ1) is 18.7. The van der Waals surface area contributed by atoms with Crippen LogP contribution in [0.4, 0.5) is 0 Å². The number of hydrogen-bond donors (Lipinski definition) is 0. The Morgan fingerprint density at radius 1 is 1.08 bits per heavy atom. The predicted molar refractivity (Wildman–Crippen MR) is 105 cm³/mol. The van der Waals surface area contributed by atoms with Gasteiger partial charge in [-0.2, -0.15) is 0 Å². The van der Waals surface area contributed by atoms with Gasteiger partial charge in [-0.05, 0) is 12.1 Å². The van der Waals surface area contributed by atoms with Crippen molar-refractivity contribution in [3.63, 3.8) is 0 Å². The predicted octanol–water partition coefficient (Wildman–Crippen LogP) is 5.19. The van der Waals surface area contributed by atoms with E-state index in [1.807, 2.05) is 6.07 Å². The first-order valence-electron chi connectivity index (χ1n) is 7.73. The van der Waals surface area contributed by atoms with Gasteiger partial charge in [0, 0.05) is 34.8 Å². The van der Waals surface area contributed by atoms with E-state index in [4.69, 9.17) is 27.9 Å². The van der Waals surface area contributed by atoms with Crippen LogP contribution in [0.2, 0.25) is 10.0 Å². The number of amides is 1. The number of benzene rings is 2. The molecule has 0 aliphatic rings. The summed E-state index contributed by atoms with van der Waals surface area (Å²) in [5, 5.41) is 1.58. The second-order valence-electron chi connectivity index (χ2n) is 5.81. The Bertz CT molecular complexity index is 970. The van der Waals surface area contributed by atoms with E-state index < -0.39 is 12.1 Å². The normalized spacial score (nSPS) is 12.0. The van der Waals surface area contributed by atoms with Crippen LogP contribution in [0, 0.1) is 0 Å². The Labute approximate surface area is 164 Å². The largest absolute Gasteiger partial charge is 0.443 e. The SMILES string of the molecule is CN(C)C(=O)[C@H](OC(=O)c1sc2cc(Cl)ccc2c1Cl)c1ccccc1. The van der Waals surface area contributed by atoms with E-state index in [2.05, 4.69) is 0 Å². The van der Waals surface area contributed by atoms with Crippen LogP contribution in [-0.4, -0.2) is 30.9 Å². The van der Waals surface area contributed by atoms with Gasteiger partial charge in [0.15, 0.2) is 0 Å². The highest BCUT2D eigenvalue weighted by Gasteiger charge is 2.29. The van der Waals surface area contributed by atoms with Crippen LogP contribution in [0.3, 0.4) is 0 Å². The summed E-state index contributed by atoms with van der Waals surface area (Å²) >= 11 is 13.5. The Morgan fingerprint density at radius 3 is 2.42 bits per heavy atom. The number of ether oxygens (including phenoxy) is 1. The number of carbonyl (C=O) groups excluding carboxylic acids is 2. The summed E-state index contributed by atoms with van der Waals surface area (Å²) in [6, 6.07) is 14.1. The van der Waals surface area contributed by atoms with E-state index in [0.717, 1.165) is 10.1 Å². The third kappa shape index (κ3) is 3.70. The number of thiophene rings is 1. The van der Waals surface area contributed by atoms with Crippen LogP contribution < -0.4 is 0 Å². The molecule has 0 N–H and O–H groups in total. The lowest BCUT2D eigenvalue weighted by atomic mass is 10.1. The zero-order chi connectivity index (χ0) is 18.8. The molecule has 0 fully saturated rings. The van der Waals surface area contributed by atoms with Crippen molar-refractivity contribution in [2.24, 2.45) is 0 Å². The number of nitrogens with zero attached hydrogens (tertiary/aromatic N) is 1. The molecule has 1 aromatic heterocycles. The second kappa shape index (κ2) is 7.66. The van der Waals surface area contributed by atoms with Crippen molar-refractivity contribution in [2.45, 2.75) is 6.10 Å². The molecule has 4 nitrogen and oxygen atoms in total. The molecule has 7 heteroatoms. The van der Waals surface area contributed by atoms with Gasteiger partial charge in [0.25, 0.3) is 5.91 Å². The number of likely N-dealkylation sites (N-methyl/N-ethyl adjacent to an activating group) is 1. The highest BCUT2D eigenvalue weighted by atomic mass is 35.5. The first-order valence-corrected chi connectivity index (χ1v) is 9.30. The Kier molecular flexibility index (Phi) is 5.51. The van der Waals surface area contributed by atoms with Crippen LogP contribution in [0.5, 0.6) is 0 Å². The molecule has 0 aliphatic heterocycles. The Morgan fingerprint density at radius 2 is 1.77 bits per heavy atom. The van der Waals surface area contributed by atoms with Crippen molar-refractivity contribution in [3.05, 3.63) is 69.0 Å². The van der Waals surface area contributed by atoms with Crippen molar-refractivity contribution >= 4 is 56.5 Å². The maximum atomic E-state index is 12.7. The van der Waals surface area contributed by atoms with Crippen molar-refractivity contribution in [1.29, 1.82) is 0 Å². The fraction of sp³-hybridized carbons (Fsp3) is 0.158. The molecule has 134 valence electrons. The molecule has 26 heavy (non-hydrogen) atoms. The summed E-state index contributed by atoms with van der Waals surface area (Å²) < 4.78 is 6.33. The quantitative estimate of drug-likeness (QED) is 0.558. The lowest BCUT2D eigenvalue weighted by molar-refractivity contribution is -0.138. The van der Waals surface area contributed by atoms with E-state index in [1.54, 1.807) is 56.6 Å². The fourth-order valence-electron chi connectivity index (χ4n) is 2.45. The van der Waals surface area contributed by atoms with E-state index in [1.165, 1.54) is 16.2 Å². The Hall–Kier alpha value is -2.08. The summed E-state index contributed by atoms with van der Waals surface area (Å²) in [5.41, 5.74) is 0.597. The monoisotopic (exact) mass is 407 g/mol. The molecule has 0 unspecified atom stereocenters. The summed E-state index contributed by atoms with van der Waals surface area (Å²) in [6.45, 7) is 0. The van der Waals surface area contributed by atoms with Crippen molar-refractivity contribution in [2.75, 3.05) is 14.1 Å². The van der Waals surface area contributed by atoms with E-state index in [-0.39, 0.29) is 10.8 Å². The van der Waals surface area contributed by atoms with Gasteiger partial charge in [0.05, 0.1) is 5.02 Å². The molecule has 0 aliphatic carbocycles. The van der Waals surface area contributed by atoms with Gasteiger partial charge in [-0.25, -0.2) is 4.79 Å². The molecule has 0 bridgehead atoms. The average molecular weight is 408 g/mol. The number of halogens is 2. The third-order valence-electron chi connectivity index (χ3n) is 3.77. The third-order valence-corrected chi connectivity index (χ3v) is 5.64. The standard InChI is InChI=1S/C19H15Cl2NO3S/c1-22(2)18(23)16(11-6-4-3-5-7-11)25-19(24)17-15(21)13-9-8-12(20)10-14(13)26-17/h3-10,16H,1-2H3/t16-/m1/s1. The molecular formula is C19H15Cl2NO3S. The Balaban J connectivity index is 1.95. The molecule has 2 aromatic carbocycles. The summed E-state index contributed by atoms with van der Waals surface area (Å²) in [6.07, 6.45) is -1.04. The van der Waals surface area contributed by atoms with E-state index >= 15 is 0 Å². The van der Waals surface area contributed by atoms with Gasteiger partial charge in [-0.3, -0.25) is 4.79 Å². The molecular weight excluding hydrogens is 393 g/mol. The van der Waals surface area contributed by atoms with Crippen LogP contribution in [0.25, 0.3) is 10.1 Å². The summed E-state index contributed by atoms with van der Waals surface area (Å²) in [7, 11) is 3.22. The maximum absolute atomic E-state index is 12.7. The molecule has 0 saturated carbocycles. The fourth-order valence-corrected chi connectivity index (χ4v) is 4.12. The second-order valence-corrected chi connectivity index (χ2v) is 7.68. The average Bonchev–Trinajstić information content (AvgIpc) is 2.95. The smallest absolute Gasteiger partial charge is 0.351 e. The summed E-state index contributed by atoms with van der Waals surface area (Å²) in [5.74, 6) is -0.971. The van der Waals surface area contributed by atoms with Crippen molar-refractivity contribution < 1.29 is 14.3 Å². The minimum atomic E-state index is -1.04. The van der Waals surface area contributed by atoms with Gasteiger partial charge in [0.2, 0.25) is 6.10 Å². The van der Waals surface area contributed by atoms with Crippen molar-refractivity contribution in [1.82, 2.24) is 4.90 Å². The molecule has 3 aromatic rings. The van der Waals surface area contributed by atoms with E-state index in [0.29, 0.717) is 15.6 Å². The number of hydrogen-bond acceptors (Lipinski definition) is 4. The molecule has 1 amide bonds. The minimum Gasteiger partial charge on any atom is -0.443 e. The zero-order valence-electron chi connectivity index (χ0n) is 14.0. The van der Waals surface area contributed by atoms with E-state index in [9.17, 15) is 9.59 Å². The van der Waals surface area contributed by atoms with Crippen LogP contribution in [-0.2, 0) is 9.53 Å².